The normalized spacial score (nSPS) is 11.8. The quantitative estimate of drug-likeness (QED) is 0.607. The zero-order chi connectivity index (χ0) is 20.3. The van der Waals surface area contributed by atoms with Gasteiger partial charge in [-0.3, -0.25) is 9.59 Å². The molecule has 1 atom stereocenters. The smallest absolute Gasteiger partial charge is 0.305 e. The minimum absolute atomic E-state index is 0.0139. The summed E-state index contributed by atoms with van der Waals surface area (Å²) in [6.45, 7) is 1.81. The molecular weight excluding hydrogens is 365 g/mol. The predicted molar refractivity (Wildman–Crippen MR) is 98.8 cm³/mol. The number of aryl methyl sites for hydroxylation is 1. The Bertz CT molecular complexity index is 1030. The van der Waals surface area contributed by atoms with Crippen molar-refractivity contribution in [2.75, 3.05) is 0 Å². The molecule has 28 heavy (non-hydrogen) atoms. The van der Waals surface area contributed by atoms with E-state index in [2.05, 4.69) is 10.4 Å². The van der Waals surface area contributed by atoms with E-state index in [4.69, 9.17) is 0 Å². The van der Waals surface area contributed by atoms with Crippen molar-refractivity contribution in [3.8, 4) is 11.6 Å². The van der Waals surface area contributed by atoms with Gasteiger partial charge in [-0.15, -0.1) is 0 Å². The number of aliphatic carboxylic acids is 1. The van der Waals surface area contributed by atoms with E-state index in [1.165, 1.54) is 18.2 Å². The van der Waals surface area contributed by atoms with E-state index >= 15 is 0 Å². The van der Waals surface area contributed by atoms with E-state index in [-0.39, 0.29) is 17.8 Å². The van der Waals surface area contributed by atoms with Crippen molar-refractivity contribution in [2.45, 2.75) is 19.4 Å². The van der Waals surface area contributed by atoms with E-state index in [0.29, 0.717) is 5.56 Å². The Hall–Kier alpha value is -3.68. The number of para-hydroxylation sites is 1. The van der Waals surface area contributed by atoms with Crippen LogP contribution in [-0.2, 0) is 4.79 Å². The monoisotopic (exact) mass is 383 g/mol. The molecular formula is C20H18FN3O4. The van der Waals surface area contributed by atoms with Crippen LogP contribution in [0.4, 0.5) is 4.39 Å². The Kier molecular flexibility index (Phi) is 5.39. The molecule has 1 aromatic heterocycles. The van der Waals surface area contributed by atoms with Crippen LogP contribution in [0, 0.1) is 12.7 Å². The lowest BCUT2D eigenvalue weighted by atomic mass is 9.98. The number of nitrogens with one attached hydrogen (secondary N) is 1. The number of carbonyl (C=O) groups is 2. The average molecular weight is 383 g/mol. The number of amides is 1. The minimum Gasteiger partial charge on any atom is -0.493 e. The van der Waals surface area contributed by atoms with Crippen molar-refractivity contribution in [1.29, 1.82) is 0 Å². The molecule has 0 saturated carbocycles. The topological polar surface area (TPSA) is 104 Å². The molecule has 0 spiro atoms. The molecule has 1 unspecified atom stereocenters. The van der Waals surface area contributed by atoms with Gasteiger partial charge in [0.2, 0.25) is 5.88 Å². The molecule has 8 heteroatoms. The Labute approximate surface area is 160 Å². The van der Waals surface area contributed by atoms with Gasteiger partial charge in [0.15, 0.2) is 5.69 Å². The van der Waals surface area contributed by atoms with Gasteiger partial charge in [-0.1, -0.05) is 36.4 Å². The molecule has 7 nitrogen and oxygen atoms in total. The van der Waals surface area contributed by atoms with Crippen LogP contribution in [0.3, 0.4) is 0 Å². The Morgan fingerprint density at radius 1 is 1.18 bits per heavy atom. The summed E-state index contributed by atoms with van der Waals surface area (Å²) in [7, 11) is 0. The summed E-state index contributed by atoms with van der Waals surface area (Å²) in [4.78, 5) is 23.9. The van der Waals surface area contributed by atoms with Gasteiger partial charge in [0, 0.05) is 6.07 Å². The zero-order valence-electron chi connectivity index (χ0n) is 15.0. The van der Waals surface area contributed by atoms with Crippen LogP contribution < -0.4 is 5.32 Å². The van der Waals surface area contributed by atoms with Gasteiger partial charge in [0.25, 0.3) is 5.91 Å². The van der Waals surface area contributed by atoms with Gasteiger partial charge in [0.05, 0.1) is 12.5 Å². The highest BCUT2D eigenvalue weighted by molar-refractivity contribution is 5.93. The standard InChI is InChI=1S/C20H18FN3O4/c1-12-6-2-3-7-13(12)15(11-19(26)27)22-20(28)16-10-18(25)24(23-16)17-9-5-4-8-14(17)21/h2-10,15,25H,11H2,1H3,(H,22,28)(H,26,27). The number of benzene rings is 2. The zero-order valence-corrected chi connectivity index (χ0v) is 15.0. The number of carboxylic acids is 1. The van der Waals surface area contributed by atoms with Gasteiger partial charge >= 0.3 is 5.97 Å². The van der Waals surface area contributed by atoms with Gasteiger partial charge < -0.3 is 15.5 Å². The number of hydrogen-bond donors (Lipinski definition) is 3. The van der Waals surface area contributed by atoms with Gasteiger partial charge in [-0.25, -0.2) is 4.39 Å². The predicted octanol–water partition coefficient (Wildman–Crippen LogP) is 2.97. The van der Waals surface area contributed by atoms with Crippen LogP contribution in [0.2, 0.25) is 0 Å². The van der Waals surface area contributed by atoms with Crippen molar-refractivity contribution in [3.05, 3.63) is 77.2 Å². The lowest BCUT2D eigenvalue weighted by Gasteiger charge is -2.18. The summed E-state index contributed by atoms with van der Waals surface area (Å²) in [6, 6.07) is 13.1. The molecule has 0 aliphatic rings. The maximum atomic E-state index is 13.9. The Morgan fingerprint density at radius 2 is 1.86 bits per heavy atom. The Morgan fingerprint density at radius 3 is 2.54 bits per heavy atom. The SMILES string of the molecule is Cc1ccccc1C(CC(=O)O)NC(=O)c1cc(O)n(-c2ccccc2F)n1. The third kappa shape index (κ3) is 4.01. The number of rotatable bonds is 6. The minimum atomic E-state index is -1.08. The second-order valence-electron chi connectivity index (χ2n) is 6.23. The molecule has 0 radical (unpaired) electrons. The molecule has 1 heterocycles. The highest BCUT2D eigenvalue weighted by Gasteiger charge is 2.23. The van der Waals surface area contributed by atoms with Gasteiger partial charge in [0.1, 0.15) is 11.5 Å². The maximum absolute atomic E-state index is 13.9. The molecule has 0 aliphatic heterocycles. The van der Waals surface area contributed by atoms with Crippen molar-refractivity contribution in [2.24, 2.45) is 0 Å². The number of hydrogen-bond acceptors (Lipinski definition) is 4. The fraction of sp³-hybridized carbons (Fsp3) is 0.150. The third-order valence-electron chi connectivity index (χ3n) is 4.25. The van der Waals surface area contributed by atoms with Crippen molar-refractivity contribution < 1.29 is 24.2 Å². The van der Waals surface area contributed by atoms with Crippen molar-refractivity contribution in [1.82, 2.24) is 15.1 Å². The first-order valence-electron chi connectivity index (χ1n) is 8.49. The first-order valence-corrected chi connectivity index (χ1v) is 8.49. The van der Waals surface area contributed by atoms with Gasteiger partial charge in [-0.2, -0.15) is 9.78 Å². The third-order valence-corrected chi connectivity index (χ3v) is 4.25. The molecule has 0 fully saturated rings. The number of aromatic nitrogens is 2. The molecule has 3 N–H and O–H groups in total. The van der Waals surface area contributed by atoms with Crippen LogP contribution in [0.5, 0.6) is 5.88 Å². The second kappa shape index (κ2) is 7.91. The summed E-state index contributed by atoms with van der Waals surface area (Å²) in [5, 5.41) is 25.8. The van der Waals surface area contributed by atoms with Crippen molar-refractivity contribution >= 4 is 11.9 Å². The van der Waals surface area contributed by atoms with Crippen molar-refractivity contribution in [3.63, 3.8) is 0 Å². The van der Waals surface area contributed by atoms with Crippen LogP contribution in [-0.4, -0.2) is 31.9 Å². The summed E-state index contributed by atoms with van der Waals surface area (Å²) >= 11 is 0. The van der Waals surface area contributed by atoms with E-state index < -0.39 is 29.6 Å². The molecule has 3 rings (SSSR count). The number of carbonyl (C=O) groups excluding carboxylic acids is 1. The number of carboxylic acid groups (broad SMARTS) is 1. The van der Waals surface area contributed by atoms with E-state index in [9.17, 15) is 24.2 Å². The first kappa shape index (κ1) is 19.1. The van der Waals surface area contributed by atoms with Crippen LogP contribution in [0.1, 0.15) is 34.1 Å². The summed E-state index contributed by atoms with van der Waals surface area (Å²) in [5.41, 5.74) is 1.31. The molecule has 2 aromatic carbocycles. The number of halogens is 1. The first-order chi connectivity index (χ1) is 13.4. The summed E-state index contributed by atoms with van der Waals surface area (Å²) in [5.74, 6) is -2.79. The fourth-order valence-electron chi connectivity index (χ4n) is 2.91. The number of aromatic hydroxyl groups is 1. The van der Waals surface area contributed by atoms with Crippen LogP contribution in [0.15, 0.2) is 54.6 Å². The Balaban J connectivity index is 1.89. The largest absolute Gasteiger partial charge is 0.493 e. The highest BCUT2D eigenvalue weighted by Crippen LogP contribution is 2.23. The van der Waals surface area contributed by atoms with Gasteiger partial charge in [-0.05, 0) is 30.2 Å². The van der Waals surface area contributed by atoms with Crippen LogP contribution in [0.25, 0.3) is 5.69 Å². The lowest BCUT2D eigenvalue weighted by Crippen LogP contribution is -2.31. The lowest BCUT2D eigenvalue weighted by molar-refractivity contribution is -0.137. The molecule has 0 bridgehead atoms. The fourth-order valence-corrected chi connectivity index (χ4v) is 2.91. The number of nitrogens with zero attached hydrogens (tertiary/aromatic N) is 2. The second-order valence-corrected chi connectivity index (χ2v) is 6.23. The van der Waals surface area contributed by atoms with E-state index in [1.54, 1.807) is 18.2 Å². The maximum Gasteiger partial charge on any atom is 0.305 e. The summed E-state index contributed by atoms with van der Waals surface area (Å²) in [6.07, 6.45) is -0.323. The highest BCUT2D eigenvalue weighted by atomic mass is 19.1. The molecule has 1 amide bonds. The molecule has 0 aliphatic carbocycles. The van der Waals surface area contributed by atoms with E-state index in [0.717, 1.165) is 16.3 Å². The molecule has 3 aromatic rings. The summed E-state index contributed by atoms with van der Waals surface area (Å²) < 4.78 is 14.9. The van der Waals surface area contributed by atoms with E-state index in [1.807, 2.05) is 19.1 Å². The average Bonchev–Trinajstić information content (AvgIpc) is 3.03. The molecule has 0 saturated heterocycles. The van der Waals surface area contributed by atoms with Crippen LogP contribution >= 0.6 is 0 Å². The molecule has 144 valence electrons.